The molecule has 3 heteroatoms. The fourth-order valence-electron chi connectivity index (χ4n) is 2.45. The fourth-order valence-corrected chi connectivity index (χ4v) is 2.45. The van der Waals surface area contributed by atoms with Crippen molar-refractivity contribution in [2.75, 3.05) is 6.54 Å². The number of aryl methyl sites for hydroxylation is 2. The van der Waals surface area contributed by atoms with Crippen molar-refractivity contribution >= 4 is 0 Å². The minimum Gasteiger partial charge on any atom is -0.332 e. The minimum absolute atomic E-state index is 0.766. The van der Waals surface area contributed by atoms with E-state index >= 15 is 0 Å². The predicted octanol–water partition coefficient (Wildman–Crippen LogP) is 1.67. The Kier molecular flexibility index (Phi) is 3.10. The van der Waals surface area contributed by atoms with E-state index in [0.717, 1.165) is 31.8 Å². The van der Waals surface area contributed by atoms with Crippen LogP contribution in [0.3, 0.4) is 0 Å². The van der Waals surface area contributed by atoms with E-state index in [0.29, 0.717) is 0 Å². The molecule has 2 rings (SSSR count). The molecular formula is C12H21N3. The Hall–Kier alpha value is -0.830. The van der Waals surface area contributed by atoms with Gasteiger partial charge in [-0.3, -0.25) is 0 Å². The Morgan fingerprint density at radius 3 is 3.07 bits per heavy atom. The first-order valence-corrected chi connectivity index (χ1v) is 5.97. The van der Waals surface area contributed by atoms with Crippen LogP contribution in [0.25, 0.3) is 0 Å². The molecule has 0 fully saturated rings. The maximum absolute atomic E-state index is 5.55. The van der Waals surface area contributed by atoms with Crippen LogP contribution >= 0.6 is 0 Å². The lowest BCUT2D eigenvalue weighted by Crippen LogP contribution is -2.19. The summed E-state index contributed by atoms with van der Waals surface area (Å²) in [6.45, 7) is 6.36. The Balaban J connectivity index is 2.23. The van der Waals surface area contributed by atoms with Gasteiger partial charge in [0.1, 0.15) is 5.82 Å². The van der Waals surface area contributed by atoms with E-state index in [-0.39, 0.29) is 0 Å². The first-order chi connectivity index (χ1) is 7.22. The van der Waals surface area contributed by atoms with Crippen molar-refractivity contribution in [2.45, 2.75) is 46.1 Å². The molecule has 0 saturated carbocycles. The second-order valence-corrected chi connectivity index (χ2v) is 4.70. The summed E-state index contributed by atoms with van der Waals surface area (Å²) in [5.74, 6) is 1.98. The van der Waals surface area contributed by atoms with Gasteiger partial charge in [-0.05, 0) is 45.1 Å². The zero-order valence-corrected chi connectivity index (χ0v) is 9.79. The second kappa shape index (κ2) is 4.35. The summed E-state index contributed by atoms with van der Waals surface area (Å²) in [6.07, 6.45) is 4.61. The highest BCUT2D eigenvalue weighted by atomic mass is 15.1. The second-order valence-electron chi connectivity index (χ2n) is 4.70. The smallest absolute Gasteiger partial charge is 0.106 e. The van der Waals surface area contributed by atoms with E-state index in [1.807, 2.05) is 0 Å². The minimum atomic E-state index is 0.766. The van der Waals surface area contributed by atoms with Crippen molar-refractivity contribution in [1.82, 2.24) is 9.55 Å². The average molecular weight is 207 g/mol. The molecule has 0 aromatic carbocycles. The topological polar surface area (TPSA) is 43.8 Å². The Bertz CT molecular complexity index is 341. The molecule has 0 amide bonds. The predicted molar refractivity (Wildman–Crippen MR) is 61.8 cm³/mol. The molecule has 0 radical (unpaired) electrons. The number of aromatic nitrogens is 2. The molecule has 1 unspecified atom stereocenters. The van der Waals surface area contributed by atoms with Crippen molar-refractivity contribution in [3.8, 4) is 0 Å². The van der Waals surface area contributed by atoms with Gasteiger partial charge in [0.25, 0.3) is 0 Å². The van der Waals surface area contributed by atoms with Gasteiger partial charge in [0, 0.05) is 12.2 Å². The van der Waals surface area contributed by atoms with Crippen LogP contribution in [-0.4, -0.2) is 16.1 Å². The first kappa shape index (κ1) is 10.7. The number of hydrogen-bond donors (Lipinski definition) is 1. The molecule has 1 aromatic rings. The zero-order valence-electron chi connectivity index (χ0n) is 9.79. The van der Waals surface area contributed by atoms with Gasteiger partial charge in [0.15, 0.2) is 0 Å². The van der Waals surface area contributed by atoms with Crippen LogP contribution in [0.15, 0.2) is 0 Å². The standard InChI is InChI=1S/C12H21N3/c1-9-5-6-12-11(4-3-7-13)14-10(2)15(12)8-9/h9H,3-8,13H2,1-2H3. The molecule has 1 aliphatic heterocycles. The molecule has 1 aliphatic rings. The van der Waals surface area contributed by atoms with Gasteiger partial charge in [-0.2, -0.15) is 0 Å². The number of nitrogens with zero attached hydrogens (tertiary/aromatic N) is 2. The van der Waals surface area contributed by atoms with E-state index < -0.39 is 0 Å². The van der Waals surface area contributed by atoms with Crippen LogP contribution in [0, 0.1) is 12.8 Å². The Labute approximate surface area is 91.7 Å². The Morgan fingerprint density at radius 2 is 2.33 bits per heavy atom. The number of nitrogens with two attached hydrogens (primary N) is 1. The lowest BCUT2D eigenvalue weighted by molar-refractivity contribution is 0.392. The van der Waals surface area contributed by atoms with Gasteiger partial charge >= 0.3 is 0 Å². The largest absolute Gasteiger partial charge is 0.332 e. The summed E-state index contributed by atoms with van der Waals surface area (Å²) in [5, 5.41) is 0. The highest BCUT2D eigenvalue weighted by Gasteiger charge is 2.20. The van der Waals surface area contributed by atoms with E-state index in [2.05, 4.69) is 23.4 Å². The Morgan fingerprint density at radius 1 is 1.53 bits per heavy atom. The monoisotopic (exact) mass is 207 g/mol. The SMILES string of the molecule is Cc1nc(CCCN)c2n1CC(C)CC2. The molecule has 1 aromatic heterocycles. The summed E-state index contributed by atoms with van der Waals surface area (Å²) < 4.78 is 2.40. The lowest BCUT2D eigenvalue weighted by Gasteiger charge is -2.22. The molecule has 15 heavy (non-hydrogen) atoms. The summed E-state index contributed by atoms with van der Waals surface area (Å²) in [4.78, 5) is 4.67. The van der Waals surface area contributed by atoms with Crippen molar-refractivity contribution in [1.29, 1.82) is 0 Å². The maximum atomic E-state index is 5.55. The maximum Gasteiger partial charge on any atom is 0.106 e. The number of fused-ring (bicyclic) bond motifs is 1. The molecule has 2 N–H and O–H groups in total. The van der Waals surface area contributed by atoms with E-state index in [9.17, 15) is 0 Å². The molecule has 2 heterocycles. The molecule has 1 atom stereocenters. The summed E-state index contributed by atoms with van der Waals surface area (Å²) in [5.41, 5.74) is 8.31. The van der Waals surface area contributed by atoms with Gasteiger partial charge in [-0.1, -0.05) is 6.92 Å². The molecule has 0 saturated heterocycles. The molecule has 84 valence electrons. The van der Waals surface area contributed by atoms with Crippen LogP contribution in [0.4, 0.5) is 0 Å². The highest BCUT2D eigenvalue weighted by molar-refractivity contribution is 5.19. The third-order valence-corrected chi connectivity index (χ3v) is 3.33. The van der Waals surface area contributed by atoms with Crippen LogP contribution in [0.2, 0.25) is 0 Å². The summed E-state index contributed by atoms with van der Waals surface area (Å²) in [7, 11) is 0. The van der Waals surface area contributed by atoms with Gasteiger partial charge < -0.3 is 10.3 Å². The average Bonchev–Trinajstić information content (AvgIpc) is 2.53. The fraction of sp³-hybridized carbons (Fsp3) is 0.750. The molecular weight excluding hydrogens is 186 g/mol. The van der Waals surface area contributed by atoms with Crippen molar-refractivity contribution in [3.63, 3.8) is 0 Å². The number of imidazole rings is 1. The van der Waals surface area contributed by atoms with Crippen molar-refractivity contribution in [2.24, 2.45) is 11.7 Å². The van der Waals surface area contributed by atoms with Crippen molar-refractivity contribution in [3.05, 3.63) is 17.2 Å². The van der Waals surface area contributed by atoms with E-state index in [1.165, 1.54) is 30.1 Å². The third kappa shape index (κ3) is 2.07. The van der Waals surface area contributed by atoms with Crippen LogP contribution < -0.4 is 5.73 Å². The third-order valence-electron chi connectivity index (χ3n) is 3.33. The highest BCUT2D eigenvalue weighted by Crippen LogP contribution is 2.24. The van der Waals surface area contributed by atoms with Crippen LogP contribution in [0.5, 0.6) is 0 Å². The van der Waals surface area contributed by atoms with Gasteiger partial charge in [-0.25, -0.2) is 4.98 Å². The van der Waals surface area contributed by atoms with Crippen LogP contribution in [0.1, 0.15) is 37.0 Å². The molecule has 0 spiro atoms. The quantitative estimate of drug-likeness (QED) is 0.819. The summed E-state index contributed by atoms with van der Waals surface area (Å²) >= 11 is 0. The molecule has 0 aliphatic carbocycles. The van der Waals surface area contributed by atoms with E-state index in [4.69, 9.17) is 5.73 Å². The summed E-state index contributed by atoms with van der Waals surface area (Å²) in [6, 6.07) is 0. The molecule has 0 bridgehead atoms. The number of rotatable bonds is 3. The van der Waals surface area contributed by atoms with Crippen molar-refractivity contribution < 1.29 is 0 Å². The van der Waals surface area contributed by atoms with Crippen LogP contribution in [-0.2, 0) is 19.4 Å². The lowest BCUT2D eigenvalue weighted by atomic mass is 9.98. The van der Waals surface area contributed by atoms with Gasteiger partial charge in [0.2, 0.25) is 0 Å². The first-order valence-electron chi connectivity index (χ1n) is 5.97. The normalized spacial score (nSPS) is 20.3. The molecule has 3 nitrogen and oxygen atoms in total. The number of hydrogen-bond acceptors (Lipinski definition) is 2. The van der Waals surface area contributed by atoms with E-state index in [1.54, 1.807) is 0 Å². The van der Waals surface area contributed by atoms with Gasteiger partial charge in [-0.15, -0.1) is 0 Å². The van der Waals surface area contributed by atoms with Gasteiger partial charge in [0.05, 0.1) is 5.69 Å². The zero-order chi connectivity index (χ0) is 10.8.